The molecule has 0 aromatic heterocycles. The zero-order valence-electron chi connectivity index (χ0n) is 10.2. The average Bonchev–Trinajstić information content (AvgIpc) is 2.36. The lowest BCUT2D eigenvalue weighted by Crippen LogP contribution is -2.33. The van der Waals surface area contributed by atoms with Gasteiger partial charge in [-0.15, -0.1) is 0 Å². The van der Waals surface area contributed by atoms with Crippen molar-refractivity contribution in [1.82, 2.24) is 4.90 Å². The van der Waals surface area contributed by atoms with Crippen LogP contribution in [0.4, 0.5) is 4.39 Å². The maximum Gasteiger partial charge on any atom is 0.305 e. The molecule has 0 atom stereocenters. The van der Waals surface area contributed by atoms with Gasteiger partial charge in [0.2, 0.25) is 0 Å². The number of hydrogen-bond donors (Lipinski definition) is 1. The number of ether oxygens (including phenoxy) is 1. The molecule has 5 nitrogen and oxygen atoms in total. The lowest BCUT2D eigenvalue weighted by atomic mass is 10.3. The molecule has 0 aliphatic carbocycles. The smallest absolute Gasteiger partial charge is 0.305 e. The van der Waals surface area contributed by atoms with Crippen LogP contribution in [0.25, 0.3) is 0 Å². The summed E-state index contributed by atoms with van der Waals surface area (Å²) in [6.45, 7) is -0.167. The van der Waals surface area contributed by atoms with E-state index in [0.29, 0.717) is 0 Å². The minimum atomic E-state index is -0.981. The van der Waals surface area contributed by atoms with Crippen LogP contribution in [0.3, 0.4) is 0 Å². The van der Waals surface area contributed by atoms with Crippen molar-refractivity contribution in [3.8, 4) is 5.75 Å². The number of hydrogen-bond acceptors (Lipinski definition) is 3. The first-order valence-electron chi connectivity index (χ1n) is 5.43. The Bertz CT molecular complexity index is 481. The van der Waals surface area contributed by atoms with Crippen LogP contribution in [0.1, 0.15) is 6.42 Å². The van der Waals surface area contributed by atoms with Gasteiger partial charge in [-0.2, -0.15) is 0 Å². The Morgan fingerprint density at radius 2 is 2.16 bits per heavy atom. The maximum absolute atomic E-state index is 12.9. The van der Waals surface area contributed by atoms with Gasteiger partial charge in [0, 0.05) is 19.7 Å². The highest BCUT2D eigenvalue weighted by Gasteiger charge is 2.11. The molecule has 0 fully saturated rings. The SMILES string of the molecule is CN(CCC(=O)O)C(=O)COc1ccc(F)c(Cl)c1. The molecule has 7 heteroatoms. The molecule has 1 amide bonds. The van der Waals surface area contributed by atoms with Crippen LogP contribution in [-0.4, -0.2) is 42.1 Å². The van der Waals surface area contributed by atoms with Gasteiger partial charge in [-0.05, 0) is 12.1 Å². The normalized spacial score (nSPS) is 10.1. The van der Waals surface area contributed by atoms with Crippen LogP contribution in [0.15, 0.2) is 18.2 Å². The van der Waals surface area contributed by atoms with E-state index in [1.54, 1.807) is 0 Å². The second-order valence-corrected chi connectivity index (χ2v) is 4.23. The average molecular weight is 290 g/mol. The molecule has 0 aliphatic rings. The van der Waals surface area contributed by atoms with E-state index in [2.05, 4.69) is 0 Å². The summed E-state index contributed by atoms with van der Waals surface area (Å²) in [5.74, 6) is -1.65. The third kappa shape index (κ3) is 5.13. The number of halogens is 2. The van der Waals surface area contributed by atoms with Crippen molar-refractivity contribution in [3.05, 3.63) is 29.0 Å². The fraction of sp³-hybridized carbons (Fsp3) is 0.333. The number of amides is 1. The first-order valence-corrected chi connectivity index (χ1v) is 5.81. The number of aliphatic carboxylic acids is 1. The lowest BCUT2D eigenvalue weighted by Gasteiger charge is -2.16. The van der Waals surface area contributed by atoms with E-state index >= 15 is 0 Å². The van der Waals surface area contributed by atoms with Gasteiger partial charge in [0.1, 0.15) is 11.6 Å². The molecule has 104 valence electrons. The number of benzene rings is 1. The fourth-order valence-electron chi connectivity index (χ4n) is 1.21. The van der Waals surface area contributed by atoms with Gasteiger partial charge in [0.25, 0.3) is 5.91 Å². The third-order valence-electron chi connectivity index (χ3n) is 2.34. The van der Waals surface area contributed by atoms with Crippen LogP contribution in [0.2, 0.25) is 5.02 Å². The van der Waals surface area contributed by atoms with Crippen LogP contribution in [0.5, 0.6) is 5.75 Å². The predicted molar refractivity (Wildman–Crippen MR) is 66.8 cm³/mol. The topological polar surface area (TPSA) is 66.8 Å². The summed E-state index contributed by atoms with van der Waals surface area (Å²) >= 11 is 5.56. The number of nitrogens with zero attached hydrogens (tertiary/aromatic N) is 1. The summed E-state index contributed by atoms with van der Waals surface area (Å²) < 4.78 is 18.0. The summed E-state index contributed by atoms with van der Waals surface area (Å²) in [6.07, 6.45) is -0.134. The van der Waals surface area contributed by atoms with E-state index in [-0.39, 0.29) is 36.3 Å². The molecule has 1 rings (SSSR count). The van der Waals surface area contributed by atoms with Gasteiger partial charge >= 0.3 is 5.97 Å². The van der Waals surface area contributed by atoms with E-state index < -0.39 is 11.8 Å². The number of carboxylic acids is 1. The molecular weight excluding hydrogens is 277 g/mol. The van der Waals surface area contributed by atoms with Gasteiger partial charge in [-0.25, -0.2) is 4.39 Å². The molecule has 0 aliphatic heterocycles. The van der Waals surface area contributed by atoms with E-state index in [0.717, 1.165) is 6.07 Å². The third-order valence-corrected chi connectivity index (χ3v) is 2.63. The Morgan fingerprint density at radius 3 is 2.74 bits per heavy atom. The molecule has 0 radical (unpaired) electrons. The van der Waals surface area contributed by atoms with Gasteiger partial charge < -0.3 is 14.7 Å². The van der Waals surface area contributed by atoms with Crippen LogP contribution in [-0.2, 0) is 9.59 Å². The Hall–Kier alpha value is -1.82. The van der Waals surface area contributed by atoms with E-state index in [9.17, 15) is 14.0 Å². The Balaban J connectivity index is 2.44. The van der Waals surface area contributed by atoms with E-state index in [1.807, 2.05) is 0 Å². The molecule has 1 aromatic rings. The molecular formula is C12H13ClFNO4. The highest BCUT2D eigenvalue weighted by Crippen LogP contribution is 2.20. The largest absolute Gasteiger partial charge is 0.484 e. The quantitative estimate of drug-likeness (QED) is 0.867. The van der Waals surface area contributed by atoms with Gasteiger partial charge in [-0.3, -0.25) is 9.59 Å². The van der Waals surface area contributed by atoms with Crippen molar-refractivity contribution in [2.45, 2.75) is 6.42 Å². The van der Waals surface area contributed by atoms with Crippen LogP contribution in [0, 0.1) is 5.82 Å². The Kier molecular flexibility index (Phi) is 5.57. The lowest BCUT2D eigenvalue weighted by molar-refractivity contribution is -0.138. The monoisotopic (exact) mass is 289 g/mol. The molecule has 19 heavy (non-hydrogen) atoms. The summed E-state index contributed by atoms with van der Waals surface area (Å²) in [7, 11) is 1.48. The fourth-order valence-corrected chi connectivity index (χ4v) is 1.38. The molecule has 0 unspecified atom stereocenters. The Labute approximate surface area is 114 Å². The van der Waals surface area contributed by atoms with Crippen molar-refractivity contribution in [2.75, 3.05) is 20.2 Å². The first kappa shape index (κ1) is 15.2. The van der Waals surface area contributed by atoms with Crippen LogP contribution < -0.4 is 4.74 Å². The molecule has 0 heterocycles. The second kappa shape index (κ2) is 6.94. The number of carbonyl (C=O) groups excluding carboxylic acids is 1. The standard InChI is InChI=1S/C12H13ClFNO4/c1-15(5-4-12(17)18)11(16)7-19-8-2-3-10(14)9(13)6-8/h2-3,6H,4-5,7H2,1H3,(H,17,18). The molecule has 0 bridgehead atoms. The number of carbonyl (C=O) groups is 2. The van der Waals surface area contributed by atoms with Crippen molar-refractivity contribution in [2.24, 2.45) is 0 Å². The summed E-state index contributed by atoms with van der Waals surface area (Å²) in [4.78, 5) is 23.2. The molecule has 1 N–H and O–H groups in total. The summed E-state index contributed by atoms with van der Waals surface area (Å²) in [6, 6.07) is 3.75. The predicted octanol–water partition coefficient (Wildman–Crippen LogP) is 1.79. The minimum Gasteiger partial charge on any atom is -0.484 e. The van der Waals surface area contributed by atoms with Crippen molar-refractivity contribution in [3.63, 3.8) is 0 Å². The van der Waals surface area contributed by atoms with Crippen molar-refractivity contribution >= 4 is 23.5 Å². The minimum absolute atomic E-state index is 0.0934. The zero-order valence-corrected chi connectivity index (χ0v) is 11.0. The van der Waals surface area contributed by atoms with Crippen LogP contribution >= 0.6 is 11.6 Å². The number of rotatable bonds is 6. The Morgan fingerprint density at radius 1 is 1.47 bits per heavy atom. The second-order valence-electron chi connectivity index (χ2n) is 3.82. The van der Waals surface area contributed by atoms with Crippen molar-refractivity contribution in [1.29, 1.82) is 0 Å². The van der Waals surface area contributed by atoms with E-state index in [1.165, 1.54) is 24.1 Å². The molecule has 0 spiro atoms. The number of likely N-dealkylation sites (N-methyl/N-ethyl adjacent to an activating group) is 1. The molecule has 0 saturated carbocycles. The zero-order chi connectivity index (χ0) is 14.4. The van der Waals surface area contributed by atoms with Gasteiger partial charge in [0.05, 0.1) is 11.4 Å². The molecule has 0 saturated heterocycles. The highest BCUT2D eigenvalue weighted by atomic mass is 35.5. The van der Waals surface area contributed by atoms with Gasteiger partial charge in [-0.1, -0.05) is 11.6 Å². The summed E-state index contributed by atoms with van der Waals surface area (Å²) in [5, 5.41) is 8.40. The van der Waals surface area contributed by atoms with Gasteiger partial charge in [0.15, 0.2) is 6.61 Å². The highest BCUT2D eigenvalue weighted by molar-refractivity contribution is 6.30. The first-order chi connectivity index (χ1) is 8.90. The molecule has 1 aromatic carbocycles. The maximum atomic E-state index is 12.9. The van der Waals surface area contributed by atoms with Crippen molar-refractivity contribution < 1.29 is 23.8 Å². The van der Waals surface area contributed by atoms with E-state index in [4.69, 9.17) is 21.4 Å². The summed E-state index contributed by atoms with van der Waals surface area (Å²) in [5.41, 5.74) is 0. The number of carboxylic acid groups (broad SMARTS) is 1.